The van der Waals surface area contributed by atoms with E-state index in [1.807, 2.05) is 0 Å². The molecule has 1 aliphatic heterocycles. The molecule has 1 aromatic rings. The monoisotopic (exact) mass is 268 g/mol. The van der Waals surface area contributed by atoms with E-state index in [0.717, 1.165) is 0 Å². The Kier molecular flexibility index (Phi) is 3.47. The maximum absolute atomic E-state index is 11.9. The van der Waals surface area contributed by atoms with Crippen LogP contribution in [0.5, 0.6) is 0 Å². The minimum absolute atomic E-state index is 0.0877. The third-order valence-corrected chi connectivity index (χ3v) is 4.41. The largest absolute Gasteiger partial charge is 0.465 e. The minimum atomic E-state index is -3.68. The molecule has 0 saturated carbocycles. The number of Topliss-reactive ketones (excluding diaryl/α,β-unsaturated/α-hetero) is 1. The number of rotatable bonds is 4. The fraction of sp³-hybridized carbons (Fsp3) is 0.333. The normalized spacial score (nSPS) is 19.6. The maximum Gasteiger partial charge on any atom is 0.316 e. The Morgan fingerprint density at radius 1 is 1.28 bits per heavy atom. The van der Waals surface area contributed by atoms with E-state index in [4.69, 9.17) is 0 Å². The summed E-state index contributed by atoms with van der Waals surface area (Å²) >= 11 is 0. The van der Waals surface area contributed by atoms with Crippen molar-refractivity contribution in [3.63, 3.8) is 0 Å². The number of hydrogen-bond acceptors (Lipinski definition) is 5. The molecular weight excluding hydrogens is 256 g/mol. The maximum atomic E-state index is 11.9. The standard InChI is InChI=1S/C12H12O5S/c13-11(10-6-7-17-12(10)14)8-18(15,16)9-4-2-1-3-5-9/h1-5,10H,6-8H2/t10-/m1/s1. The summed E-state index contributed by atoms with van der Waals surface area (Å²) in [6.45, 7) is 0.181. The van der Waals surface area contributed by atoms with Crippen LogP contribution in [0.25, 0.3) is 0 Å². The molecule has 2 rings (SSSR count). The second-order valence-corrected chi connectivity index (χ2v) is 6.04. The first-order valence-electron chi connectivity index (χ1n) is 5.48. The molecule has 1 heterocycles. The van der Waals surface area contributed by atoms with Gasteiger partial charge in [0.2, 0.25) is 0 Å². The number of carbonyl (C=O) groups excluding carboxylic acids is 2. The molecule has 6 heteroatoms. The zero-order valence-electron chi connectivity index (χ0n) is 9.53. The summed E-state index contributed by atoms with van der Waals surface area (Å²) in [6.07, 6.45) is 0.266. The molecule has 0 aliphatic carbocycles. The van der Waals surface area contributed by atoms with Gasteiger partial charge in [-0.2, -0.15) is 0 Å². The van der Waals surface area contributed by atoms with Gasteiger partial charge in [0.05, 0.1) is 11.5 Å². The predicted octanol–water partition coefficient (Wildman–Crippen LogP) is 0.593. The minimum Gasteiger partial charge on any atom is -0.465 e. The highest BCUT2D eigenvalue weighted by molar-refractivity contribution is 7.92. The highest BCUT2D eigenvalue weighted by Crippen LogP contribution is 2.18. The van der Waals surface area contributed by atoms with Crippen LogP contribution in [0.4, 0.5) is 0 Å². The van der Waals surface area contributed by atoms with Crippen LogP contribution in [-0.2, 0) is 24.2 Å². The lowest BCUT2D eigenvalue weighted by atomic mass is 10.0. The van der Waals surface area contributed by atoms with Gasteiger partial charge in [0, 0.05) is 6.42 Å². The van der Waals surface area contributed by atoms with Gasteiger partial charge in [0.25, 0.3) is 0 Å². The van der Waals surface area contributed by atoms with Gasteiger partial charge in [0.15, 0.2) is 15.6 Å². The number of benzene rings is 1. The van der Waals surface area contributed by atoms with E-state index in [9.17, 15) is 18.0 Å². The molecule has 0 N–H and O–H groups in total. The van der Waals surface area contributed by atoms with Gasteiger partial charge in [-0.25, -0.2) is 8.42 Å². The third kappa shape index (κ3) is 2.59. The topological polar surface area (TPSA) is 77.5 Å². The molecule has 0 unspecified atom stereocenters. The summed E-state index contributed by atoms with van der Waals surface area (Å²) in [7, 11) is -3.68. The second-order valence-electron chi connectivity index (χ2n) is 4.05. The van der Waals surface area contributed by atoms with Crippen LogP contribution in [-0.4, -0.2) is 32.5 Å². The van der Waals surface area contributed by atoms with E-state index < -0.39 is 33.3 Å². The highest BCUT2D eigenvalue weighted by atomic mass is 32.2. The van der Waals surface area contributed by atoms with Gasteiger partial charge >= 0.3 is 5.97 Å². The van der Waals surface area contributed by atoms with E-state index in [-0.39, 0.29) is 17.9 Å². The van der Waals surface area contributed by atoms with Crippen molar-refractivity contribution >= 4 is 21.6 Å². The number of ketones is 1. The highest BCUT2D eigenvalue weighted by Gasteiger charge is 2.35. The first-order valence-corrected chi connectivity index (χ1v) is 7.13. The zero-order chi connectivity index (χ0) is 13.2. The van der Waals surface area contributed by atoms with E-state index in [1.54, 1.807) is 18.2 Å². The molecule has 0 bridgehead atoms. The fourth-order valence-electron chi connectivity index (χ4n) is 1.79. The van der Waals surface area contributed by atoms with Gasteiger partial charge in [-0.3, -0.25) is 9.59 Å². The molecule has 18 heavy (non-hydrogen) atoms. The van der Waals surface area contributed by atoms with E-state index >= 15 is 0 Å². The first-order chi connectivity index (χ1) is 8.50. The lowest BCUT2D eigenvalue weighted by Gasteiger charge is -2.06. The molecule has 0 amide bonds. The Balaban J connectivity index is 2.14. The number of esters is 1. The third-order valence-electron chi connectivity index (χ3n) is 2.76. The zero-order valence-corrected chi connectivity index (χ0v) is 10.4. The van der Waals surface area contributed by atoms with Crippen molar-refractivity contribution in [1.82, 2.24) is 0 Å². The number of carbonyl (C=O) groups is 2. The van der Waals surface area contributed by atoms with Crippen LogP contribution in [0.3, 0.4) is 0 Å². The van der Waals surface area contributed by atoms with Crippen LogP contribution in [0.1, 0.15) is 6.42 Å². The van der Waals surface area contributed by atoms with Crippen LogP contribution < -0.4 is 0 Å². The number of cyclic esters (lactones) is 1. The lowest BCUT2D eigenvalue weighted by molar-refractivity contribution is -0.144. The van der Waals surface area contributed by atoms with Gasteiger partial charge in [-0.05, 0) is 12.1 Å². The number of hydrogen-bond donors (Lipinski definition) is 0. The van der Waals surface area contributed by atoms with E-state index in [1.165, 1.54) is 12.1 Å². The van der Waals surface area contributed by atoms with Crippen molar-refractivity contribution in [3.05, 3.63) is 30.3 Å². The molecule has 1 saturated heterocycles. The molecular formula is C12H12O5S. The summed E-state index contributed by atoms with van der Waals surface area (Å²) in [5, 5.41) is 0. The molecule has 5 nitrogen and oxygen atoms in total. The summed E-state index contributed by atoms with van der Waals surface area (Å²) in [4.78, 5) is 23.1. The van der Waals surface area contributed by atoms with E-state index in [0.29, 0.717) is 0 Å². The number of ether oxygens (including phenoxy) is 1. The van der Waals surface area contributed by atoms with Crippen LogP contribution >= 0.6 is 0 Å². The summed E-state index contributed by atoms with van der Waals surface area (Å²) in [5.41, 5.74) is 0. The number of sulfone groups is 1. The summed E-state index contributed by atoms with van der Waals surface area (Å²) in [5.74, 6) is -2.80. The molecule has 1 atom stereocenters. The van der Waals surface area contributed by atoms with Crippen molar-refractivity contribution in [3.8, 4) is 0 Å². The Morgan fingerprint density at radius 3 is 2.50 bits per heavy atom. The quantitative estimate of drug-likeness (QED) is 0.590. The van der Waals surface area contributed by atoms with Crippen molar-refractivity contribution < 1.29 is 22.7 Å². The molecule has 1 fully saturated rings. The first kappa shape index (κ1) is 12.8. The van der Waals surface area contributed by atoms with Crippen LogP contribution in [0.15, 0.2) is 35.2 Å². The smallest absolute Gasteiger partial charge is 0.316 e. The molecule has 0 aromatic heterocycles. The van der Waals surface area contributed by atoms with E-state index in [2.05, 4.69) is 4.74 Å². The fourth-order valence-corrected chi connectivity index (χ4v) is 3.10. The summed E-state index contributed by atoms with van der Waals surface area (Å²) < 4.78 is 28.5. The molecule has 96 valence electrons. The van der Waals surface area contributed by atoms with Gasteiger partial charge in [-0.15, -0.1) is 0 Å². The van der Waals surface area contributed by atoms with Crippen molar-refractivity contribution in [1.29, 1.82) is 0 Å². The van der Waals surface area contributed by atoms with Gasteiger partial charge < -0.3 is 4.74 Å². The Labute approximate surface area is 105 Å². The SMILES string of the molecule is O=C(CS(=O)(=O)c1ccccc1)[C@H]1CCOC1=O. The Bertz CT molecular complexity index is 561. The lowest BCUT2D eigenvalue weighted by Crippen LogP contribution is -2.26. The predicted molar refractivity (Wildman–Crippen MR) is 62.6 cm³/mol. The molecule has 1 aromatic carbocycles. The van der Waals surface area contributed by atoms with Crippen LogP contribution in [0, 0.1) is 5.92 Å². The molecule has 1 aliphatic rings. The average molecular weight is 268 g/mol. The van der Waals surface area contributed by atoms with Gasteiger partial charge in [0.1, 0.15) is 11.7 Å². The Morgan fingerprint density at radius 2 is 1.94 bits per heavy atom. The average Bonchev–Trinajstić information content (AvgIpc) is 2.76. The van der Waals surface area contributed by atoms with Crippen molar-refractivity contribution in [2.45, 2.75) is 11.3 Å². The van der Waals surface area contributed by atoms with Crippen molar-refractivity contribution in [2.75, 3.05) is 12.4 Å². The molecule has 0 radical (unpaired) electrons. The Hall–Kier alpha value is -1.69. The second kappa shape index (κ2) is 4.89. The van der Waals surface area contributed by atoms with Crippen molar-refractivity contribution in [2.24, 2.45) is 5.92 Å². The summed E-state index contributed by atoms with van der Waals surface area (Å²) in [6, 6.07) is 7.71. The van der Waals surface area contributed by atoms with Crippen LogP contribution in [0.2, 0.25) is 0 Å². The van der Waals surface area contributed by atoms with Gasteiger partial charge in [-0.1, -0.05) is 18.2 Å². The molecule has 0 spiro atoms.